The van der Waals surface area contributed by atoms with Crippen molar-refractivity contribution in [2.45, 2.75) is 26.4 Å². The number of benzene rings is 1. The van der Waals surface area contributed by atoms with Crippen LogP contribution in [0.4, 0.5) is 8.78 Å². The molecule has 0 fully saturated rings. The van der Waals surface area contributed by atoms with Crippen molar-refractivity contribution in [3.8, 4) is 0 Å². The lowest BCUT2D eigenvalue weighted by atomic mass is 10.1. The minimum absolute atomic E-state index is 0.0638. The van der Waals surface area contributed by atoms with E-state index in [0.29, 0.717) is 13.1 Å². The van der Waals surface area contributed by atoms with Gasteiger partial charge in [0, 0.05) is 24.0 Å². The van der Waals surface area contributed by atoms with E-state index in [0.717, 1.165) is 16.3 Å². The molecule has 1 aromatic heterocycles. The largest absolute Gasteiger partial charge is 0.307 e. The van der Waals surface area contributed by atoms with Crippen molar-refractivity contribution < 1.29 is 8.78 Å². The minimum Gasteiger partial charge on any atom is -0.307 e. The maximum atomic E-state index is 12.4. The summed E-state index contributed by atoms with van der Waals surface area (Å²) in [6.07, 6.45) is -2.40. The van der Waals surface area contributed by atoms with Crippen LogP contribution in [0.2, 0.25) is 0 Å². The number of aromatic nitrogens is 1. The number of rotatable bonds is 5. The van der Waals surface area contributed by atoms with Crippen LogP contribution >= 0.6 is 11.3 Å². The molecule has 2 rings (SSSR count). The fraction of sp³-hybridized carbons (Fsp3) is 0.308. The standard InChI is InChI=1S/C13H14F2N2S/c1-9-17-12(8-18-9)7-16-6-10-2-4-11(5-3-10)13(14)15/h2-5,8,13,16H,6-7H2,1H3. The normalized spacial score (nSPS) is 11.1. The van der Waals surface area contributed by atoms with Gasteiger partial charge in [0.15, 0.2) is 0 Å². The zero-order valence-electron chi connectivity index (χ0n) is 9.99. The summed E-state index contributed by atoms with van der Waals surface area (Å²) in [4.78, 5) is 4.34. The number of alkyl halides is 2. The van der Waals surface area contributed by atoms with E-state index in [1.54, 1.807) is 23.5 Å². The van der Waals surface area contributed by atoms with Gasteiger partial charge in [-0.15, -0.1) is 11.3 Å². The highest BCUT2D eigenvalue weighted by atomic mass is 32.1. The Morgan fingerprint density at radius 1 is 1.22 bits per heavy atom. The summed E-state index contributed by atoms with van der Waals surface area (Å²) in [6.45, 7) is 3.32. The van der Waals surface area contributed by atoms with Gasteiger partial charge in [-0.3, -0.25) is 0 Å². The Hall–Kier alpha value is -1.33. The van der Waals surface area contributed by atoms with Crippen LogP contribution in [-0.2, 0) is 13.1 Å². The third kappa shape index (κ3) is 3.58. The lowest BCUT2D eigenvalue weighted by Crippen LogP contribution is -2.12. The van der Waals surface area contributed by atoms with Gasteiger partial charge in [-0.2, -0.15) is 0 Å². The van der Waals surface area contributed by atoms with Gasteiger partial charge >= 0.3 is 0 Å². The van der Waals surface area contributed by atoms with E-state index in [1.165, 1.54) is 12.1 Å². The van der Waals surface area contributed by atoms with E-state index in [9.17, 15) is 8.78 Å². The second-order valence-electron chi connectivity index (χ2n) is 4.00. The molecule has 0 bridgehead atoms. The van der Waals surface area contributed by atoms with Gasteiger partial charge in [0.25, 0.3) is 6.43 Å². The van der Waals surface area contributed by atoms with Gasteiger partial charge in [-0.1, -0.05) is 24.3 Å². The quantitative estimate of drug-likeness (QED) is 0.894. The first-order chi connectivity index (χ1) is 8.65. The molecule has 0 radical (unpaired) electrons. The highest BCUT2D eigenvalue weighted by Gasteiger charge is 2.05. The number of nitrogens with one attached hydrogen (secondary N) is 1. The molecule has 0 unspecified atom stereocenters. The molecule has 2 nitrogen and oxygen atoms in total. The van der Waals surface area contributed by atoms with Gasteiger partial charge in [-0.05, 0) is 12.5 Å². The second kappa shape index (κ2) is 6.02. The van der Waals surface area contributed by atoms with Crippen molar-refractivity contribution >= 4 is 11.3 Å². The highest BCUT2D eigenvalue weighted by molar-refractivity contribution is 7.09. The van der Waals surface area contributed by atoms with Gasteiger partial charge in [-0.25, -0.2) is 13.8 Å². The minimum atomic E-state index is -2.40. The van der Waals surface area contributed by atoms with Crippen LogP contribution in [-0.4, -0.2) is 4.98 Å². The Balaban J connectivity index is 1.83. The van der Waals surface area contributed by atoms with E-state index in [1.807, 2.05) is 12.3 Å². The average Bonchev–Trinajstić information content (AvgIpc) is 2.76. The molecule has 1 N–H and O–H groups in total. The monoisotopic (exact) mass is 268 g/mol. The van der Waals surface area contributed by atoms with Gasteiger partial charge in [0.05, 0.1) is 10.7 Å². The predicted octanol–water partition coefficient (Wildman–Crippen LogP) is 3.68. The summed E-state index contributed by atoms with van der Waals surface area (Å²) >= 11 is 1.62. The maximum absolute atomic E-state index is 12.4. The molecule has 0 spiro atoms. The topological polar surface area (TPSA) is 24.9 Å². The van der Waals surface area contributed by atoms with Gasteiger partial charge < -0.3 is 5.32 Å². The fourth-order valence-corrected chi connectivity index (χ4v) is 2.22. The molecule has 0 aliphatic carbocycles. The van der Waals surface area contributed by atoms with E-state index in [-0.39, 0.29) is 5.56 Å². The molecule has 0 atom stereocenters. The smallest absolute Gasteiger partial charge is 0.263 e. The SMILES string of the molecule is Cc1nc(CNCc2ccc(C(F)F)cc2)cs1. The van der Waals surface area contributed by atoms with Crippen LogP contribution in [0, 0.1) is 6.92 Å². The lowest BCUT2D eigenvalue weighted by Gasteiger charge is -2.04. The van der Waals surface area contributed by atoms with Crippen LogP contribution < -0.4 is 5.32 Å². The number of thiazole rings is 1. The zero-order chi connectivity index (χ0) is 13.0. The predicted molar refractivity (Wildman–Crippen MR) is 68.8 cm³/mol. The molecule has 1 aromatic carbocycles. The number of aryl methyl sites for hydroxylation is 1. The Labute approximate surface area is 109 Å². The van der Waals surface area contributed by atoms with E-state index in [2.05, 4.69) is 10.3 Å². The molecule has 5 heteroatoms. The molecule has 1 heterocycles. The van der Waals surface area contributed by atoms with Crippen molar-refractivity contribution in [3.05, 3.63) is 51.5 Å². The molecule has 18 heavy (non-hydrogen) atoms. The van der Waals surface area contributed by atoms with Crippen LogP contribution in [0.5, 0.6) is 0 Å². The Bertz CT molecular complexity index is 494. The molecule has 2 aromatic rings. The highest BCUT2D eigenvalue weighted by Crippen LogP contribution is 2.18. The van der Waals surface area contributed by atoms with E-state index >= 15 is 0 Å². The Kier molecular flexibility index (Phi) is 4.38. The Morgan fingerprint density at radius 3 is 2.50 bits per heavy atom. The second-order valence-corrected chi connectivity index (χ2v) is 5.07. The summed E-state index contributed by atoms with van der Waals surface area (Å²) in [5.41, 5.74) is 2.07. The number of hydrogen-bond donors (Lipinski definition) is 1. The average molecular weight is 268 g/mol. The third-order valence-corrected chi connectivity index (χ3v) is 3.36. The van der Waals surface area contributed by atoms with Crippen LogP contribution in [0.15, 0.2) is 29.6 Å². The van der Waals surface area contributed by atoms with Crippen molar-refractivity contribution in [3.63, 3.8) is 0 Å². The summed E-state index contributed by atoms with van der Waals surface area (Å²) in [5, 5.41) is 6.30. The molecule has 0 aliphatic heterocycles. The van der Waals surface area contributed by atoms with Crippen molar-refractivity contribution in [1.29, 1.82) is 0 Å². The first-order valence-corrected chi connectivity index (χ1v) is 6.52. The first kappa shape index (κ1) is 13.1. The van der Waals surface area contributed by atoms with Crippen LogP contribution in [0.25, 0.3) is 0 Å². The van der Waals surface area contributed by atoms with E-state index in [4.69, 9.17) is 0 Å². The molecular weight excluding hydrogens is 254 g/mol. The van der Waals surface area contributed by atoms with Gasteiger partial charge in [0.2, 0.25) is 0 Å². The first-order valence-electron chi connectivity index (χ1n) is 5.64. The van der Waals surface area contributed by atoms with Crippen molar-refractivity contribution in [1.82, 2.24) is 10.3 Å². The zero-order valence-corrected chi connectivity index (χ0v) is 10.8. The molecule has 96 valence electrons. The van der Waals surface area contributed by atoms with Gasteiger partial charge in [0.1, 0.15) is 0 Å². The lowest BCUT2D eigenvalue weighted by molar-refractivity contribution is 0.151. The maximum Gasteiger partial charge on any atom is 0.263 e. The number of hydrogen-bond acceptors (Lipinski definition) is 3. The molecule has 0 aliphatic rings. The summed E-state index contributed by atoms with van der Waals surface area (Å²) in [5.74, 6) is 0. The third-order valence-electron chi connectivity index (χ3n) is 2.53. The molecule has 0 amide bonds. The molecular formula is C13H14F2N2S. The van der Waals surface area contributed by atoms with Crippen LogP contribution in [0.3, 0.4) is 0 Å². The summed E-state index contributed by atoms with van der Waals surface area (Å²) < 4.78 is 24.7. The van der Waals surface area contributed by atoms with E-state index < -0.39 is 6.43 Å². The molecule has 0 saturated heterocycles. The number of nitrogens with zero attached hydrogens (tertiary/aromatic N) is 1. The summed E-state index contributed by atoms with van der Waals surface area (Å²) in [7, 11) is 0. The van der Waals surface area contributed by atoms with Crippen molar-refractivity contribution in [2.24, 2.45) is 0 Å². The van der Waals surface area contributed by atoms with Crippen molar-refractivity contribution in [2.75, 3.05) is 0 Å². The number of halogens is 2. The molecule has 0 saturated carbocycles. The summed E-state index contributed by atoms with van der Waals surface area (Å²) in [6, 6.07) is 6.38. The fourth-order valence-electron chi connectivity index (χ4n) is 1.61. The Morgan fingerprint density at radius 2 is 1.94 bits per heavy atom. The van der Waals surface area contributed by atoms with Crippen LogP contribution in [0.1, 0.15) is 28.3 Å².